The minimum atomic E-state index is -0.416. The number of nitrogens with zero attached hydrogens (tertiary/aromatic N) is 7. The Balaban J connectivity index is 1.46. The lowest BCUT2D eigenvalue weighted by molar-refractivity contribution is -0.0178. The van der Waals surface area contributed by atoms with Gasteiger partial charge < -0.3 is 14.2 Å². The summed E-state index contributed by atoms with van der Waals surface area (Å²) in [6, 6.07) is 5.20. The Kier molecular flexibility index (Phi) is 6.05. The Hall–Kier alpha value is -2.82. The second kappa shape index (κ2) is 9.24. The first kappa shape index (κ1) is 23.6. The Morgan fingerprint density at radius 2 is 2.08 bits per heavy atom. The molecule has 6 rings (SSSR count). The number of benzene rings is 1. The highest BCUT2D eigenvalue weighted by atomic mass is 35.5. The zero-order valence-corrected chi connectivity index (χ0v) is 21.9. The molecule has 1 saturated heterocycles. The van der Waals surface area contributed by atoms with Gasteiger partial charge in [0.1, 0.15) is 16.6 Å². The summed E-state index contributed by atoms with van der Waals surface area (Å²) in [5.41, 5.74) is 2.73. The first-order valence-electron chi connectivity index (χ1n) is 12.2. The number of morpholine rings is 1. The molecule has 0 N–H and O–H groups in total. The summed E-state index contributed by atoms with van der Waals surface area (Å²) in [6.07, 6.45) is 6.16. The number of halogens is 2. The van der Waals surface area contributed by atoms with Gasteiger partial charge >= 0.3 is 0 Å². The van der Waals surface area contributed by atoms with E-state index in [2.05, 4.69) is 28.1 Å². The summed E-state index contributed by atoms with van der Waals surface area (Å²) in [5.74, 6) is 0.129. The molecule has 8 nitrogen and oxygen atoms in total. The van der Waals surface area contributed by atoms with E-state index in [0.717, 1.165) is 20.7 Å². The molecule has 3 aromatic heterocycles. The van der Waals surface area contributed by atoms with E-state index in [1.165, 1.54) is 30.2 Å². The second-order valence-corrected chi connectivity index (χ2v) is 10.7. The molecule has 11 heteroatoms. The summed E-state index contributed by atoms with van der Waals surface area (Å²) in [6.45, 7) is 6.00. The average Bonchev–Trinajstić information content (AvgIpc) is 3.47. The molecule has 0 radical (unpaired) electrons. The van der Waals surface area contributed by atoms with E-state index in [1.54, 1.807) is 19.2 Å². The molecule has 2 aliphatic rings. The van der Waals surface area contributed by atoms with Crippen LogP contribution in [0.25, 0.3) is 21.6 Å². The highest BCUT2D eigenvalue weighted by Gasteiger charge is 2.32. The molecule has 0 amide bonds. The van der Waals surface area contributed by atoms with Gasteiger partial charge in [0.15, 0.2) is 10.4 Å². The third-order valence-electron chi connectivity index (χ3n) is 6.67. The molecule has 1 aliphatic heterocycles. The molecule has 4 heterocycles. The average molecular weight is 528 g/mol. The molecule has 2 atom stereocenters. The van der Waals surface area contributed by atoms with Gasteiger partial charge in [-0.2, -0.15) is 10.1 Å². The lowest BCUT2D eigenvalue weighted by atomic mass is 10.1. The van der Waals surface area contributed by atoms with Gasteiger partial charge in [-0.1, -0.05) is 22.9 Å². The minimum Gasteiger partial charge on any atom is -0.367 e. The summed E-state index contributed by atoms with van der Waals surface area (Å²) in [5, 5.41) is 4.89. The zero-order valence-electron chi connectivity index (χ0n) is 20.4. The number of ether oxygens (including phenoxy) is 1. The molecule has 1 aromatic carbocycles. The lowest BCUT2D eigenvalue weighted by Crippen LogP contribution is -2.43. The standard InChI is InChI=1S/C25H27ClFN7OS/c1-4-33-23-22(36-25(33)28-3)21(18-8-5-16(26)9-19(18)27)30-24(31-23)32-11-14(2)35-20(13-32)15-10-29-34(12-15)17-6-7-17/h5,8-10,12,14,17,20H,4,6-7,11,13H2,1-3H3/b28-25+/t14-,20-/m1/s1. The van der Waals surface area contributed by atoms with Gasteiger partial charge in [0, 0.05) is 42.5 Å². The topological polar surface area (TPSA) is 73.4 Å². The van der Waals surface area contributed by atoms with Crippen LogP contribution in [0.1, 0.15) is 44.4 Å². The Labute approximate surface area is 217 Å². The van der Waals surface area contributed by atoms with E-state index in [-0.39, 0.29) is 12.2 Å². The number of fused-ring (bicyclic) bond motifs is 1. The van der Waals surface area contributed by atoms with Crippen molar-refractivity contribution in [1.82, 2.24) is 24.3 Å². The maximum atomic E-state index is 15.1. The summed E-state index contributed by atoms with van der Waals surface area (Å²) < 4.78 is 26.3. The van der Waals surface area contributed by atoms with Crippen molar-refractivity contribution in [3.05, 3.63) is 51.8 Å². The molecule has 0 unspecified atom stereocenters. The molecule has 0 spiro atoms. The van der Waals surface area contributed by atoms with Gasteiger partial charge in [0.25, 0.3) is 0 Å². The van der Waals surface area contributed by atoms with Crippen LogP contribution in [-0.4, -0.2) is 50.6 Å². The van der Waals surface area contributed by atoms with Crippen molar-refractivity contribution in [3.8, 4) is 11.3 Å². The monoisotopic (exact) mass is 527 g/mol. The third kappa shape index (κ3) is 4.21. The predicted molar refractivity (Wildman–Crippen MR) is 139 cm³/mol. The summed E-state index contributed by atoms with van der Waals surface area (Å²) in [4.78, 5) is 17.3. The number of aryl methyl sites for hydroxylation is 1. The maximum absolute atomic E-state index is 15.1. The number of aromatic nitrogens is 5. The van der Waals surface area contributed by atoms with Crippen LogP contribution >= 0.6 is 22.9 Å². The van der Waals surface area contributed by atoms with E-state index in [4.69, 9.17) is 26.3 Å². The van der Waals surface area contributed by atoms with Crippen molar-refractivity contribution < 1.29 is 9.13 Å². The third-order valence-corrected chi connectivity index (χ3v) is 8.07. The largest absolute Gasteiger partial charge is 0.367 e. The van der Waals surface area contributed by atoms with Crippen LogP contribution in [0.2, 0.25) is 5.02 Å². The Bertz CT molecular complexity index is 1510. The number of hydrogen-bond donors (Lipinski definition) is 0. The maximum Gasteiger partial charge on any atom is 0.228 e. The fourth-order valence-corrected chi connectivity index (χ4v) is 6.01. The van der Waals surface area contributed by atoms with Gasteiger partial charge in [-0.3, -0.25) is 9.67 Å². The molecule has 188 valence electrons. The van der Waals surface area contributed by atoms with E-state index >= 15 is 4.39 Å². The fraction of sp³-hybridized carbons (Fsp3) is 0.440. The fourth-order valence-electron chi connectivity index (χ4n) is 4.75. The van der Waals surface area contributed by atoms with Crippen LogP contribution in [0.4, 0.5) is 10.3 Å². The number of thiazole rings is 1. The smallest absolute Gasteiger partial charge is 0.228 e. The number of anilines is 1. The van der Waals surface area contributed by atoms with Gasteiger partial charge in [-0.05, 0) is 44.9 Å². The highest BCUT2D eigenvalue weighted by molar-refractivity contribution is 7.16. The van der Waals surface area contributed by atoms with Crippen LogP contribution < -0.4 is 9.70 Å². The van der Waals surface area contributed by atoms with Crippen LogP contribution in [-0.2, 0) is 11.3 Å². The number of hydrogen-bond acceptors (Lipinski definition) is 7. The molecular weight excluding hydrogens is 501 g/mol. The van der Waals surface area contributed by atoms with Gasteiger partial charge in [-0.25, -0.2) is 9.37 Å². The Morgan fingerprint density at radius 1 is 1.25 bits per heavy atom. The first-order chi connectivity index (χ1) is 17.4. The van der Waals surface area contributed by atoms with E-state index in [1.807, 2.05) is 22.4 Å². The van der Waals surface area contributed by atoms with Crippen molar-refractivity contribution in [2.45, 2.75) is 51.5 Å². The van der Waals surface area contributed by atoms with E-state index < -0.39 is 5.82 Å². The molecule has 1 saturated carbocycles. The lowest BCUT2D eigenvalue weighted by Gasteiger charge is -2.36. The molecule has 36 heavy (non-hydrogen) atoms. The normalized spacial score (nSPS) is 21.0. The minimum absolute atomic E-state index is 0.0370. The van der Waals surface area contributed by atoms with Crippen molar-refractivity contribution in [2.75, 3.05) is 25.0 Å². The molecule has 4 aromatic rings. The predicted octanol–water partition coefficient (Wildman–Crippen LogP) is 5.00. The van der Waals surface area contributed by atoms with Gasteiger partial charge in [0.2, 0.25) is 5.95 Å². The molecule has 2 fully saturated rings. The van der Waals surface area contributed by atoms with Crippen LogP contribution in [0.15, 0.2) is 35.6 Å². The summed E-state index contributed by atoms with van der Waals surface area (Å²) in [7, 11) is 1.75. The van der Waals surface area contributed by atoms with E-state index in [0.29, 0.717) is 47.9 Å². The molecular formula is C25H27ClFN7OS. The van der Waals surface area contributed by atoms with Gasteiger partial charge in [0.05, 0.1) is 30.6 Å². The van der Waals surface area contributed by atoms with Crippen molar-refractivity contribution in [3.63, 3.8) is 0 Å². The van der Waals surface area contributed by atoms with Gasteiger partial charge in [-0.15, -0.1) is 0 Å². The first-order valence-corrected chi connectivity index (χ1v) is 13.4. The van der Waals surface area contributed by atoms with Crippen molar-refractivity contribution in [2.24, 2.45) is 4.99 Å². The number of rotatable bonds is 5. The van der Waals surface area contributed by atoms with Crippen molar-refractivity contribution in [1.29, 1.82) is 0 Å². The SMILES string of the molecule is CCn1/c(=N\C)sc2c(-c3ccc(Cl)cc3F)nc(N3C[C@@H](C)O[C@@H](c4cnn(C5CC5)c4)C3)nc21. The quantitative estimate of drug-likeness (QED) is 0.365. The summed E-state index contributed by atoms with van der Waals surface area (Å²) >= 11 is 7.51. The second-order valence-electron chi connectivity index (χ2n) is 9.33. The molecule has 0 bridgehead atoms. The zero-order chi connectivity index (χ0) is 25.0. The van der Waals surface area contributed by atoms with Crippen LogP contribution in [0, 0.1) is 5.82 Å². The molecule has 1 aliphatic carbocycles. The van der Waals surface area contributed by atoms with E-state index in [9.17, 15) is 0 Å². The van der Waals surface area contributed by atoms with Crippen molar-refractivity contribution >= 4 is 39.2 Å². The highest BCUT2D eigenvalue weighted by Crippen LogP contribution is 2.37. The van der Waals surface area contributed by atoms with Crippen LogP contribution in [0.3, 0.4) is 0 Å². The Morgan fingerprint density at radius 3 is 2.81 bits per heavy atom. The van der Waals surface area contributed by atoms with Crippen LogP contribution in [0.5, 0.6) is 0 Å².